The van der Waals surface area contributed by atoms with E-state index in [9.17, 15) is 9.18 Å². The molecule has 0 atom stereocenters. The number of aromatic nitrogens is 1. The second-order valence-corrected chi connectivity index (χ2v) is 8.44. The summed E-state index contributed by atoms with van der Waals surface area (Å²) in [5.74, 6) is 0.0715. The van der Waals surface area contributed by atoms with Crippen LogP contribution in [0.1, 0.15) is 16.7 Å². The van der Waals surface area contributed by atoms with Gasteiger partial charge in [0, 0.05) is 34.2 Å². The van der Waals surface area contributed by atoms with Crippen molar-refractivity contribution in [1.82, 2.24) is 4.57 Å². The number of hydrogen-bond donors (Lipinski definition) is 1. The predicted octanol–water partition coefficient (Wildman–Crippen LogP) is 6.18. The maximum atomic E-state index is 13.2. The van der Waals surface area contributed by atoms with Gasteiger partial charge in [-0.2, -0.15) is 0 Å². The molecule has 1 aromatic heterocycles. The van der Waals surface area contributed by atoms with Crippen LogP contribution in [-0.4, -0.2) is 16.2 Å². The van der Waals surface area contributed by atoms with Crippen molar-refractivity contribution < 1.29 is 9.18 Å². The van der Waals surface area contributed by atoms with Crippen molar-refractivity contribution in [3.63, 3.8) is 0 Å². The van der Waals surface area contributed by atoms with Crippen LogP contribution in [0.15, 0.2) is 77.8 Å². The first-order valence-electron chi connectivity index (χ1n) is 9.82. The Bertz CT molecular complexity index is 1200. The van der Waals surface area contributed by atoms with Gasteiger partial charge in [0.25, 0.3) is 0 Å². The number of para-hydroxylation sites is 1. The van der Waals surface area contributed by atoms with Crippen molar-refractivity contribution in [2.45, 2.75) is 25.3 Å². The fourth-order valence-corrected chi connectivity index (χ4v) is 4.42. The number of rotatable bonds is 6. The van der Waals surface area contributed by atoms with E-state index in [0.717, 1.165) is 32.6 Å². The minimum absolute atomic E-state index is 0.0256. The summed E-state index contributed by atoms with van der Waals surface area (Å²) in [6.07, 6.45) is 2.07. The minimum atomic E-state index is -0.234. The number of halogens is 1. The fourth-order valence-electron chi connectivity index (χ4n) is 3.53. The van der Waals surface area contributed by atoms with E-state index in [1.165, 1.54) is 29.5 Å². The zero-order valence-electron chi connectivity index (χ0n) is 17.0. The van der Waals surface area contributed by atoms with Crippen LogP contribution in [0.2, 0.25) is 0 Å². The molecule has 152 valence electrons. The summed E-state index contributed by atoms with van der Waals surface area (Å²) in [5, 5.41) is 4.12. The van der Waals surface area contributed by atoms with Gasteiger partial charge in [0.05, 0.1) is 5.75 Å². The van der Waals surface area contributed by atoms with E-state index in [4.69, 9.17) is 0 Å². The third-order valence-corrected chi connectivity index (χ3v) is 6.08. The Hall–Kier alpha value is -3.05. The van der Waals surface area contributed by atoms with Gasteiger partial charge in [-0.25, -0.2) is 4.39 Å². The molecule has 0 bridgehead atoms. The van der Waals surface area contributed by atoms with Gasteiger partial charge in [-0.15, -0.1) is 11.8 Å². The lowest BCUT2D eigenvalue weighted by Crippen LogP contribution is -2.14. The van der Waals surface area contributed by atoms with E-state index in [0.29, 0.717) is 12.3 Å². The van der Waals surface area contributed by atoms with Gasteiger partial charge < -0.3 is 9.88 Å². The molecule has 0 aliphatic carbocycles. The van der Waals surface area contributed by atoms with Crippen LogP contribution in [0.5, 0.6) is 0 Å². The Morgan fingerprint density at radius 3 is 2.57 bits per heavy atom. The Balaban J connectivity index is 1.50. The normalized spacial score (nSPS) is 11.0. The van der Waals surface area contributed by atoms with Gasteiger partial charge in [-0.1, -0.05) is 48.0 Å². The SMILES string of the molecule is Cc1ccc(NC(=O)CSc2cn(Cc3ccc(F)cc3)c3ccccc23)c(C)c1. The number of amides is 1. The molecule has 0 unspecified atom stereocenters. The fraction of sp³-hybridized carbons (Fsp3) is 0.160. The van der Waals surface area contributed by atoms with Crippen molar-refractivity contribution in [1.29, 1.82) is 0 Å². The zero-order valence-corrected chi connectivity index (χ0v) is 17.8. The summed E-state index contributed by atoms with van der Waals surface area (Å²) in [7, 11) is 0. The largest absolute Gasteiger partial charge is 0.342 e. The lowest BCUT2D eigenvalue weighted by atomic mass is 10.1. The van der Waals surface area contributed by atoms with Crippen LogP contribution in [0, 0.1) is 19.7 Å². The zero-order chi connectivity index (χ0) is 21.1. The molecule has 0 saturated carbocycles. The number of aryl methyl sites for hydroxylation is 2. The van der Waals surface area contributed by atoms with Gasteiger partial charge in [-0.05, 0) is 49.2 Å². The highest BCUT2D eigenvalue weighted by molar-refractivity contribution is 8.00. The number of thioether (sulfide) groups is 1. The summed E-state index contributed by atoms with van der Waals surface area (Å²) in [5.41, 5.74) is 5.21. The summed E-state index contributed by atoms with van der Waals surface area (Å²) in [6, 6.07) is 20.7. The molecule has 0 fully saturated rings. The van der Waals surface area contributed by atoms with E-state index in [-0.39, 0.29) is 11.7 Å². The van der Waals surface area contributed by atoms with Crippen LogP contribution in [0.3, 0.4) is 0 Å². The molecule has 0 spiro atoms. The van der Waals surface area contributed by atoms with E-state index in [2.05, 4.69) is 34.3 Å². The lowest BCUT2D eigenvalue weighted by Gasteiger charge is -2.08. The summed E-state index contributed by atoms with van der Waals surface area (Å²) in [6.45, 7) is 4.69. The Morgan fingerprint density at radius 2 is 1.80 bits per heavy atom. The molecule has 1 amide bonds. The molecule has 30 heavy (non-hydrogen) atoms. The first-order valence-corrected chi connectivity index (χ1v) is 10.8. The van der Waals surface area contributed by atoms with Crippen molar-refractivity contribution in [2.24, 2.45) is 0 Å². The van der Waals surface area contributed by atoms with Crippen molar-refractivity contribution in [2.75, 3.05) is 11.1 Å². The molecule has 0 aliphatic heterocycles. The average molecular weight is 419 g/mol. The third kappa shape index (κ3) is 4.57. The number of carbonyl (C=O) groups excluding carboxylic acids is 1. The smallest absolute Gasteiger partial charge is 0.234 e. The molecule has 4 rings (SSSR count). The molecule has 4 aromatic rings. The average Bonchev–Trinajstić information content (AvgIpc) is 3.08. The molecule has 0 aliphatic rings. The highest BCUT2D eigenvalue weighted by Crippen LogP contribution is 2.31. The van der Waals surface area contributed by atoms with Gasteiger partial charge >= 0.3 is 0 Å². The van der Waals surface area contributed by atoms with Crippen molar-refractivity contribution >= 4 is 34.3 Å². The molecular formula is C25H23FN2OS. The highest BCUT2D eigenvalue weighted by atomic mass is 32.2. The number of fused-ring (bicyclic) bond motifs is 1. The first-order chi connectivity index (χ1) is 14.5. The molecule has 0 radical (unpaired) electrons. The standard InChI is InChI=1S/C25H23FN2OS/c1-17-7-12-22(18(2)13-17)27-25(29)16-30-24-15-28(23-6-4-3-5-21(23)24)14-19-8-10-20(26)11-9-19/h3-13,15H,14,16H2,1-2H3,(H,27,29). The number of hydrogen-bond acceptors (Lipinski definition) is 2. The minimum Gasteiger partial charge on any atom is -0.342 e. The topological polar surface area (TPSA) is 34.0 Å². The maximum Gasteiger partial charge on any atom is 0.234 e. The molecule has 3 nitrogen and oxygen atoms in total. The van der Waals surface area contributed by atoms with E-state index in [1.54, 1.807) is 12.1 Å². The maximum absolute atomic E-state index is 13.2. The number of nitrogens with one attached hydrogen (secondary N) is 1. The molecule has 1 N–H and O–H groups in total. The van der Waals surface area contributed by atoms with E-state index >= 15 is 0 Å². The lowest BCUT2D eigenvalue weighted by molar-refractivity contribution is -0.113. The summed E-state index contributed by atoms with van der Waals surface area (Å²) in [4.78, 5) is 13.6. The van der Waals surface area contributed by atoms with Crippen LogP contribution >= 0.6 is 11.8 Å². The molecule has 0 saturated heterocycles. The Kier molecular flexibility index (Phi) is 5.91. The van der Waals surface area contributed by atoms with Gasteiger partial charge in [-0.3, -0.25) is 4.79 Å². The number of carbonyl (C=O) groups is 1. The Labute approximate surface area is 179 Å². The predicted molar refractivity (Wildman–Crippen MR) is 123 cm³/mol. The summed E-state index contributed by atoms with van der Waals surface area (Å²) < 4.78 is 15.4. The number of benzene rings is 3. The van der Waals surface area contributed by atoms with Crippen LogP contribution in [0.25, 0.3) is 10.9 Å². The van der Waals surface area contributed by atoms with Crippen LogP contribution < -0.4 is 5.32 Å². The van der Waals surface area contributed by atoms with Gasteiger partial charge in [0.15, 0.2) is 0 Å². The quantitative estimate of drug-likeness (QED) is 0.380. The monoisotopic (exact) mass is 418 g/mol. The van der Waals surface area contributed by atoms with Crippen LogP contribution in [0.4, 0.5) is 10.1 Å². The molecule has 5 heteroatoms. The van der Waals surface area contributed by atoms with Gasteiger partial charge in [0.2, 0.25) is 5.91 Å². The first kappa shape index (κ1) is 20.2. The third-order valence-electron chi connectivity index (χ3n) is 5.03. The number of nitrogens with zero attached hydrogens (tertiary/aromatic N) is 1. The second kappa shape index (κ2) is 8.76. The van der Waals surface area contributed by atoms with Crippen LogP contribution in [-0.2, 0) is 11.3 Å². The van der Waals surface area contributed by atoms with E-state index in [1.807, 2.05) is 38.1 Å². The van der Waals surface area contributed by atoms with Gasteiger partial charge in [0.1, 0.15) is 5.82 Å². The van der Waals surface area contributed by atoms with Crippen molar-refractivity contribution in [3.8, 4) is 0 Å². The van der Waals surface area contributed by atoms with E-state index < -0.39 is 0 Å². The molecule has 3 aromatic carbocycles. The summed E-state index contributed by atoms with van der Waals surface area (Å²) >= 11 is 1.53. The Morgan fingerprint density at radius 1 is 1.03 bits per heavy atom. The molecular weight excluding hydrogens is 395 g/mol. The molecule has 1 heterocycles. The number of anilines is 1. The second-order valence-electron chi connectivity index (χ2n) is 7.42. The highest BCUT2D eigenvalue weighted by Gasteiger charge is 2.12. The van der Waals surface area contributed by atoms with Crippen molar-refractivity contribution in [3.05, 3.63) is 95.4 Å².